The highest BCUT2D eigenvalue weighted by Gasteiger charge is 2.39. The van der Waals surface area contributed by atoms with Gasteiger partial charge in [0, 0.05) is 24.9 Å². The molecule has 1 aliphatic rings. The molecule has 0 amide bonds. The molecular weight excluding hydrogens is 527 g/mol. The largest absolute Gasteiger partial charge is 0.493 e. The average molecular weight is 549 g/mol. The van der Waals surface area contributed by atoms with E-state index in [2.05, 4.69) is 4.98 Å². The predicted molar refractivity (Wildman–Crippen MR) is 123 cm³/mol. The smallest absolute Gasteiger partial charge is 0.200 e. The first-order valence-corrected chi connectivity index (χ1v) is 13.2. The third-order valence-electron chi connectivity index (χ3n) is 5.98. The van der Waals surface area contributed by atoms with Crippen LogP contribution in [0.5, 0.6) is 11.5 Å². The van der Waals surface area contributed by atoms with Gasteiger partial charge in [-0.15, -0.1) is 11.3 Å². The molecule has 2 heterocycles. The lowest BCUT2D eigenvalue weighted by Crippen LogP contribution is -2.40. The van der Waals surface area contributed by atoms with Crippen LogP contribution >= 0.6 is 11.3 Å². The predicted octanol–water partition coefficient (Wildman–Crippen LogP) is 4.89. The number of sulfone groups is 1. The number of hydrogen-bond donors (Lipinski definition) is 0. The summed E-state index contributed by atoms with van der Waals surface area (Å²) in [5.41, 5.74) is 1.72. The maximum absolute atomic E-state index is 14.1. The van der Waals surface area contributed by atoms with E-state index in [-0.39, 0.29) is 25.9 Å². The van der Waals surface area contributed by atoms with Crippen LogP contribution in [0.3, 0.4) is 0 Å². The summed E-state index contributed by atoms with van der Waals surface area (Å²) in [5, 5.41) is 1.20. The van der Waals surface area contributed by atoms with Gasteiger partial charge in [-0.05, 0) is 30.5 Å². The molecule has 2 aromatic carbocycles. The van der Waals surface area contributed by atoms with Crippen LogP contribution in [0, 0.1) is 29.1 Å². The normalized spacial score (nSPS) is 14.8. The van der Waals surface area contributed by atoms with Gasteiger partial charge in [-0.1, -0.05) is 6.07 Å². The molecule has 13 heteroatoms. The standard InChI is InChI=1S/C23H21F5N2O4S2/c1-33-15-4-3-12(10-16(15)34-2)9-13-11-35-23(29-13)30-7-5-14(6-8-30)36(31,32)22-20(27)18(25)17(24)19(26)21(22)28/h3-4,10-11,14H,5-9H2,1-2H3. The van der Waals surface area contributed by atoms with Gasteiger partial charge in [0.05, 0.1) is 25.2 Å². The first-order chi connectivity index (χ1) is 17.1. The Balaban J connectivity index is 1.46. The van der Waals surface area contributed by atoms with Crippen molar-refractivity contribution in [3.8, 4) is 11.5 Å². The zero-order chi connectivity index (χ0) is 26.2. The third kappa shape index (κ3) is 4.73. The fourth-order valence-corrected chi connectivity index (χ4v) is 6.80. The van der Waals surface area contributed by atoms with Crippen LogP contribution in [-0.2, 0) is 16.3 Å². The molecule has 1 fully saturated rings. The van der Waals surface area contributed by atoms with E-state index in [1.807, 2.05) is 22.4 Å². The summed E-state index contributed by atoms with van der Waals surface area (Å²) in [5.74, 6) is -10.5. The van der Waals surface area contributed by atoms with Crippen molar-refractivity contribution >= 4 is 26.3 Å². The molecule has 1 aromatic heterocycles. The number of halogens is 5. The van der Waals surface area contributed by atoms with Crippen molar-refractivity contribution in [1.29, 1.82) is 0 Å². The molecule has 6 nitrogen and oxygen atoms in total. The second kappa shape index (κ2) is 10.2. The summed E-state index contributed by atoms with van der Waals surface area (Å²) in [6.45, 7) is 0.366. The van der Waals surface area contributed by atoms with Crippen LogP contribution < -0.4 is 14.4 Å². The third-order valence-corrected chi connectivity index (χ3v) is 9.20. The van der Waals surface area contributed by atoms with Crippen LogP contribution in [-0.4, -0.2) is 46.0 Å². The van der Waals surface area contributed by atoms with Gasteiger partial charge in [-0.2, -0.15) is 0 Å². The van der Waals surface area contributed by atoms with Crippen molar-refractivity contribution in [3.05, 3.63) is 63.9 Å². The summed E-state index contributed by atoms with van der Waals surface area (Å²) in [6.07, 6.45) is 0.390. The SMILES string of the molecule is COc1ccc(Cc2csc(N3CCC(S(=O)(=O)c4c(F)c(F)c(F)c(F)c4F)CC3)n2)cc1OC. The van der Waals surface area contributed by atoms with Crippen LogP contribution in [0.25, 0.3) is 0 Å². The highest BCUT2D eigenvalue weighted by atomic mass is 32.2. The Morgan fingerprint density at radius 3 is 2.11 bits per heavy atom. The lowest BCUT2D eigenvalue weighted by Gasteiger charge is -2.31. The summed E-state index contributed by atoms with van der Waals surface area (Å²) in [7, 11) is -1.72. The number of benzene rings is 2. The molecule has 3 aromatic rings. The number of ether oxygens (including phenoxy) is 2. The van der Waals surface area contributed by atoms with Gasteiger partial charge < -0.3 is 14.4 Å². The molecular formula is C23H21F5N2O4S2. The van der Waals surface area contributed by atoms with Gasteiger partial charge in [0.25, 0.3) is 0 Å². The molecule has 36 heavy (non-hydrogen) atoms. The van der Waals surface area contributed by atoms with Gasteiger partial charge in [0.15, 0.2) is 49.7 Å². The summed E-state index contributed by atoms with van der Waals surface area (Å²) in [4.78, 5) is 4.65. The lowest BCUT2D eigenvalue weighted by molar-refractivity contribution is 0.354. The lowest BCUT2D eigenvalue weighted by atomic mass is 10.1. The number of thiazole rings is 1. The van der Waals surface area contributed by atoms with Gasteiger partial charge in [0.2, 0.25) is 5.82 Å². The van der Waals surface area contributed by atoms with Gasteiger partial charge in [-0.25, -0.2) is 35.4 Å². The van der Waals surface area contributed by atoms with Crippen LogP contribution in [0.2, 0.25) is 0 Å². The molecule has 0 N–H and O–H groups in total. The van der Waals surface area contributed by atoms with E-state index in [9.17, 15) is 30.4 Å². The van der Waals surface area contributed by atoms with Gasteiger partial charge in [0.1, 0.15) is 4.90 Å². The number of hydrogen-bond acceptors (Lipinski definition) is 7. The second-order valence-corrected chi connectivity index (χ2v) is 11.1. The second-order valence-electron chi connectivity index (χ2n) is 8.12. The Labute approximate surface area is 208 Å². The zero-order valence-corrected chi connectivity index (χ0v) is 20.8. The highest BCUT2D eigenvalue weighted by Crippen LogP contribution is 2.34. The number of rotatable bonds is 7. The van der Waals surface area contributed by atoms with Crippen molar-refractivity contribution < 1.29 is 39.8 Å². The summed E-state index contributed by atoms with van der Waals surface area (Å²) < 4.78 is 105. The molecule has 1 saturated heterocycles. The van der Waals surface area contributed by atoms with E-state index in [0.29, 0.717) is 23.1 Å². The van der Waals surface area contributed by atoms with E-state index >= 15 is 0 Å². The Morgan fingerprint density at radius 2 is 1.53 bits per heavy atom. The number of methoxy groups -OCH3 is 2. The molecule has 0 aliphatic carbocycles. The fraction of sp³-hybridized carbons (Fsp3) is 0.348. The van der Waals surface area contributed by atoms with Gasteiger partial charge >= 0.3 is 0 Å². The minimum absolute atomic E-state index is 0.0631. The van der Waals surface area contributed by atoms with E-state index < -0.39 is 49.1 Å². The molecule has 0 unspecified atom stereocenters. The van der Waals surface area contributed by atoms with Crippen LogP contribution in [0.15, 0.2) is 28.5 Å². The van der Waals surface area contributed by atoms with Crippen molar-refractivity contribution in [2.75, 3.05) is 32.2 Å². The number of piperidine rings is 1. The summed E-state index contributed by atoms with van der Waals surface area (Å²) >= 11 is 1.36. The Hall–Kier alpha value is -2.93. The van der Waals surface area contributed by atoms with E-state index in [0.717, 1.165) is 11.3 Å². The Kier molecular flexibility index (Phi) is 7.41. The molecule has 0 saturated carbocycles. The molecule has 194 valence electrons. The van der Waals surface area contributed by atoms with E-state index in [1.165, 1.54) is 18.4 Å². The van der Waals surface area contributed by atoms with Crippen molar-refractivity contribution in [2.45, 2.75) is 29.4 Å². The maximum atomic E-state index is 14.1. The minimum atomic E-state index is -4.80. The molecule has 1 aliphatic heterocycles. The number of aromatic nitrogens is 1. The topological polar surface area (TPSA) is 68.7 Å². The Morgan fingerprint density at radius 1 is 0.944 bits per heavy atom. The molecule has 4 rings (SSSR count). The van der Waals surface area contributed by atoms with E-state index in [4.69, 9.17) is 9.47 Å². The number of nitrogens with zero attached hydrogens (tertiary/aromatic N) is 2. The first kappa shape index (κ1) is 26.1. The highest BCUT2D eigenvalue weighted by molar-refractivity contribution is 7.92. The first-order valence-electron chi connectivity index (χ1n) is 10.7. The van der Waals surface area contributed by atoms with Crippen molar-refractivity contribution in [2.24, 2.45) is 0 Å². The quantitative estimate of drug-likeness (QED) is 0.181. The van der Waals surface area contributed by atoms with Crippen LogP contribution in [0.1, 0.15) is 24.1 Å². The van der Waals surface area contributed by atoms with Crippen LogP contribution in [0.4, 0.5) is 27.1 Å². The maximum Gasteiger partial charge on any atom is 0.200 e. The monoisotopic (exact) mass is 548 g/mol. The minimum Gasteiger partial charge on any atom is -0.493 e. The fourth-order valence-electron chi connectivity index (χ4n) is 4.08. The molecule has 0 spiro atoms. The van der Waals surface area contributed by atoms with E-state index in [1.54, 1.807) is 13.2 Å². The summed E-state index contributed by atoms with van der Waals surface area (Å²) in [6, 6.07) is 5.51. The Bertz CT molecular complexity index is 1360. The zero-order valence-electron chi connectivity index (χ0n) is 19.2. The molecule has 0 atom stereocenters. The van der Waals surface area contributed by atoms with Crippen molar-refractivity contribution in [1.82, 2.24) is 4.98 Å². The van der Waals surface area contributed by atoms with Crippen molar-refractivity contribution in [3.63, 3.8) is 0 Å². The number of anilines is 1. The van der Waals surface area contributed by atoms with Gasteiger partial charge in [-0.3, -0.25) is 0 Å². The molecule has 0 radical (unpaired) electrons. The average Bonchev–Trinajstić information content (AvgIpc) is 3.34. The molecule has 0 bridgehead atoms.